The molecule has 1 N–H and O–H groups in total. The highest BCUT2D eigenvalue weighted by Gasteiger charge is 2.26. The molecule has 0 saturated carbocycles. The van der Waals surface area contributed by atoms with Gasteiger partial charge in [0.1, 0.15) is 12.4 Å². The molecule has 0 radical (unpaired) electrons. The predicted octanol–water partition coefficient (Wildman–Crippen LogP) is 4.51. The number of nitrogens with zero attached hydrogens (tertiary/aromatic N) is 4. The lowest BCUT2D eigenvalue weighted by molar-refractivity contribution is 0.102. The number of fused-ring (bicyclic) bond motifs is 1. The molecule has 5 rings (SSSR count). The molecule has 3 heterocycles. The first-order valence-electron chi connectivity index (χ1n) is 10.8. The van der Waals surface area contributed by atoms with Crippen LogP contribution >= 0.6 is 0 Å². The number of halogens is 1. The third-order valence-electron chi connectivity index (χ3n) is 5.61. The van der Waals surface area contributed by atoms with Gasteiger partial charge in [0, 0.05) is 29.8 Å². The number of anilines is 1. The van der Waals surface area contributed by atoms with Crippen LogP contribution in [-0.2, 0) is 19.4 Å². The number of aromatic nitrogens is 4. The van der Waals surface area contributed by atoms with Crippen molar-refractivity contribution in [3.63, 3.8) is 0 Å². The topological polar surface area (TPSA) is 81.9 Å². The summed E-state index contributed by atoms with van der Waals surface area (Å²) in [5.74, 6) is 0.139. The summed E-state index contributed by atoms with van der Waals surface area (Å²) in [6, 6.07) is 13.4. The number of amides is 1. The molecule has 1 aromatic carbocycles. The maximum Gasteiger partial charge on any atom is 0.277 e. The van der Waals surface area contributed by atoms with Gasteiger partial charge in [-0.2, -0.15) is 5.10 Å². The van der Waals surface area contributed by atoms with Crippen LogP contribution in [-0.4, -0.2) is 25.7 Å². The van der Waals surface area contributed by atoms with E-state index in [0.29, 0.717) is 23.9 Å². The molecular formula is C25H22FN5O2. The number of hydrogen-bond donors (Lipinski definition) is 1. The van der Waals surface area contributed by atoms with Crippen LogP contribution in [0.25, 0.3) is 5.69 Å². The van der Waals surface area contributed by atoms with Crippen molar-refractivity contribution >= 4 is 11.7 Å². The number of hydrogen-bond acceptors (Lipinski definition) is 5. The highest BCUT2D eigenvalue weighted by atomic mass is 19.1. The quantitative estimate of drug-likeness (QED) is 0.474. The zero-order chi connectivity index (χ0) is 22.6. The minimum Gasteiger partial charge on any atom is -0.485 e. The monoisotopic (exact) mass is 443 g/mol. The van der Waals surface area contributed by atoms with Crippen LogP contribution in [0.4, 0.5) is 10.2 Å². The second-order valence-corrected chi connectivity index (χ2v) is 7.82. The van der Waals surface area contributed by atoms with Crippen molar-refractivity contribution in [1.29, 1.82) is 0 Å². The van der Waals surface area contributed by atoms with Gasteiger partial charge in [0.25, 0.3) is 5.91 Å². The molecule has 0 bridgehead atoms. The third kappa shape index (κ3) is 4.45. The SMILES string of the molecule is O=C(Nc1ncccc1OCc1ccncc1)c1nn(-c2ccc(F)cc2)c2c1CCCC2. The molecule has 8 heteroatoms. The van der Waals surface area contributed by atoms with Crippen LogP contribution in [0.15, 0.2) is 67.1 Å². The van der Waals surface area contributed by atoms with Gasteiger partial charge in [-0.1, -0.05) is 0 Å². The van der Waals surface area contributed by atoms with Gasteiger partial charge in [0.2, 0.25) is 0 Å². The molecular weight excluding hydrogens is 421 g/mol. The van der Waals surface area contributed by atoms with Crippen LogP contribution < -0.4 is 10.1 Å². The molecule has 0 fully saturated rings. The van der Waals surface area contributed by atoms with Crippen LogP contribution in [0.5, 0.6) is 5.75 Å². The highest BCUT2D eigenvalue weighted by molar-refractivity contribution is 6.04. The van der Waals surface area contributed by atoms with Gasteiger partial charge in [-0.05, 0) is 79.8 Å². The molecule has 1 aliphatic rings. The number of carbonyl (C=O) groups excluding carboxylic acids is 1. The number of rotatable bonds is 6. The average molecular weight is 443 g/mol. The van der Waals surface area contributed by atoms with Crippen LogP contribution in [0.2, 0.25) is 0 Å². The van der Waals surface area contributed by atoms with Crippen molar-refractivity contribution in [3.8, 4) is 11.4 Å². The Balaban J connectivity index is 1.41. The zero-order valence-electron chi connectivity index (χ0n) is 17.9. The number of pyridine rings is 2. The van der Waals surface area contributed by atoms with E-state index in [1.54, 1.807) is 47.5 Å². The minimum absolute atomic E-state index is 0.313. The molecule has 4 aromatic rings. The highest BCUT2D eigenvalue weighted by Crippen LogP contribution is 2.29. The van der Waals surface area contributed by atoms with E-state index >= 15 is 0 Å². The lowest BCUT2D eigenvalue weighted by Gasteiger charge is -2.14. The van der Waals surface area contributed by atoms with Crippen molar-refractivity contribution in [2.45, 2.75) is 32.3 Å². The van der Waals surface area contributed by atoms with E-state index in [2.05, 4.69) is 20.4 Å². The lowest BCUT2D eigenvalue weighted by Crippen LogP contribution is -2.17. The van der Waals surface area contributed by atoms with Crippen molar-refractivity contribution in [2.75, 3.05) is 5.32 Å². The van der Waals surface area contributed by atoms with Crippen molar-refractivity contribution in [1.82, 2.24) is 19.7 Å². The molecule has 33 heavy (non-hydrogen) atoms. The first kappa shape index (κ1) is 20.8. The Labute approximate surface area is 190 Å². The van der Waals surface area contributed by atoms with Crippen molar-refractivity contribution in [3.05, 3.63) is 95.5 Å². The van der Waals surface area contributed by atoms with Gasteiger partial charge < -0.3 is 10.1 Å². The van der Waals surface area contributed by atoms with Crippen LogP contribution in [0.3, 0.4) is 0 Å². The molecule has 0 unspecified atom stereocenters. The second-order valence-electron chi connectivity index (χ2n) is 7.82. The smallest absolute Gasteiger partial charge is 0.277 e. The summed E-state index contributed by atoms with van der Waals surface area (Å²) in [6.07, 6.45) is 8.60. The van der Waals surface area contributed by atoms with Gasteiger partial charge in [-0.15, -0.1) is 0 Å². The number of carbonyl (C=O) groups is 1. The van der Waals surface area contributed by atoms with Gasteiger partial charge >= 0.3 is 0 Å². The molecule has 7 nitrogen and oxygen atoms in total. The Bertz CT molecular complexity index is 1270. The van der Waals surface area contributed by atoms with Gasteiger partial charge in [0.15, 0.2) is 17.3 Å². The summed E-state index contributed by atoms with van der Waals surface area (Å²) in [7, 11) is 0. The summed E-state index contributed by atoms with van der Waals surface area (Å²) in [6.45, 7) is 0.325. The summed E-state index contributed by atoms with van der Waals surface area (Å²) in [5.41, 5.74) is 3.97. The van der Waals surface area contributed by atoms with Crippen LogP contribution in [0.1, 0.15) is 40.2 Å². The van der Waals surface area contributed by atoms with E-state index in [1.807, 2.05) is 12.1 Å². The van der Waals surface area contributed by atoms with E-state index < -0.39 is 0 Å². The fourth-order valence-electron chi connectivity index (χ4n) is 3.98. The second kappa shape index (κ2) is 9.20. The fourth-order valence-corrected chi connectivity index (χ4v) is 3.98. The number of nitrogens with one attached hydrogen (secondary N) is 1. The first-order chi connectivity index (χ1) is 16.2. The van der Waals surface area contributed by atoms with E-state index in [-0.39, 0.29) is 11.7 Å². The molecule has 166 valence electrons. The molecule has 3 aromatic heterocycles. The Hall–Kier alpha value is -4.07. The predicted molar refractivity (Wildman–Crippen MR) is 121 cm³/mol. The van der Waals surface area contributed by atoms with Crippen molar-refractivity contribution < 1.29 is 13.9 Å². The van der Waals surface area contributed by atoms with Gasteiger partial charge in [0.05, 0.1) is 5.69 Å². The lowest BCUT2D eigenvalue weighted by atomic mass is 9.95. The number of benzene rings is 1. The van der Waals surface area contributed by atoms with E-state index in [1.165, 1.54) is 12.1 Å². The average Bonchev–Trinajstić information content (AvgIpc) is 3.25. The first-order valence-corrected chi connectivity index (χ1v) is 10.8. The summed E-state index contributed by atoms with van der Waals surface area (Å²) in [5, 5.41) is 7.48. The Morgan fingerprint density at radius 2 is 1.82 bits per heavy atom. The summed E-state index contributed by atoms with van der Waals surface area (Å²) in [4.78, 5) is 21.6. The minimum atomic E-state index is -0.346. The molecule has 0 saturated heterocycles. The Kier molecular flexibility index (Phi) is 5.80. The third-order valence-corrected chi connectivity index (χ3v) is 5.61. The van der Waals surface area contributed by atoms with Crippen molar-refractivity contribution in [2.24, 2.45) is 0 Å². The maximum atomic E-state index is 13.4. The van der Waals surface area contributed by atoms with Gasteiger partial charge in [-0.25, -0.2) is 14.1 Å². The maximum absolute atomic E-state index is 13.4. The fraction of sp³-hybridized carbons (Fsp3) is 0.200. The Morgan fingerprint density at radius 3 is 2.64 bits per heavy atom. The number of ether oxygens (including phenoxy) is 1. The standard InChI is InChI=1S/C25H22FN5O2/c26-18-7-9-19(10-8-18)31-21-5-2-1-4-20(21)23(30-31)25(32)29-24-22(6-3-13-28-24)33-16-17-11-14-27-15-12-17/h3,6-15H,1-2,4-5,16H2,(H,28,29,32). The van der Waals surface area contributed by atoms with E-state index in [0.717, 1.165) is 48.2 Å². The van der Waals surface area contributed by atoms with Crippen LogP contribution in [0, 0.1) is 5.82 Å². The Morgan fingerprint density at radius 1 is 1.03 bits per heavy atom. The normalized spacial score (nSPS) is 12.8. The van der Waals surface area contributed by atoms with Gasteiger partial charge in [-0.3, -0.25) is 9.78 Å². The zero-order valence-corrected chi connectivity index (χ0v) is 17.9. The summed E-state index contributed by atoms with van der Waals surface area (Å²) >= 11 is 0. The van der Waals surface area contributed by atoms with E-state index in [9.17, 15) is 9.18 Å². The molecule has 1 aliphatic carbocycles. The molecule has 1 amide bonds. The molecule has 0 atom stereocenters. The summed E-state index contributed by atoms with van der Waals surface area (Å²) < 4.78 is 21.1. The molecule has 0 spiro atoms. The molecule has 0 aliphatic heterocycles. The van der Waals surface area contributed by atoms with E-state index in [4.69, 9.17) is 4.74 Å². The largest absolute Gasteiger partial charge is 0.485 e.